The number of esters is 1. The highest BCUT2D eigenvalue weighted by Crippen LogP contribution is 2.53. The van der Waals surface area contributed by atoms with Gasteiger partial charge in [-0.05, 0) is 25.2 Å². The van der Waals surface area contributed by atoms with E-state index < -0.39 is 21.9 Å². The number of carbonyl (C=O) groups is 3. The number of halogens is 2. The monoisotopic (exact) mass is 362 g/mol. The van der Waals surface area contributed by atoms with E-state index in [2.05, 4.69) is 5.32 Å². The highest BCUT2D eigenvalue weighted by molar-refractivity contribution is 6.50. The number of nitrogens with one attached hydrogen (secondary N) is 1. The number of imide groups is 1. The second-order valence-corrected chi connectivity index (χ2v) is 8.33. The Labute approximate surface area is 144 Å². The van der Waals surface area contributed by atoms with Gasteiger partial charge in [0, 0.05) is 5.92 Å². The van der Waals surface area contributed by atoms with E-state index in [1.807, 2.05) is 6.92 Å². The minimum Gasteiger partial charge on any atom is -0.464 e. The lowest BCUT2D eigenvalue weighted by molar-refractivity contribution is -0.148. The van der Waals surface area contributed by atoms with Crippen LogP contribution in [-0.2, 0) is 14.3 Å². The molecule has 1 spiro atoms. The summed E-state index contributed by atoms with van der Waals surface area (Å²) in [6.45, 7) is 1.70. The molecule has 0 aromatic heterocycles. The summed E-state index contributed by atoms with van der Waals surface area (Å²) in [5.74, 6) is -0.956. The standard InChI is InChI=1S/C15H20Cl2N2O4/c1-9-4-2-3-5-14(9)12(21)19(13(22)18-14)7-11(20)23-8-10-6-15(10,16)17/h9-10H,2-8H2,1H3,(H,18,22)/t9-,10+,14+/m1/s1. The smallest absolute Gasteiger partial charge is 0.326 e. The molecule has 3 rings (SSSR count). The molecule has 2 saturated carbocycles. The second-order valence-electron chi connectivity index (χ2n) is 6.78. The maximum Gasteiger partial charge on any atom is 0.326 e. The maximum absolute atomic E-state index is 12.7. The molecule has 1 N–H and O–H groups in total. The minimum absolute atomic E-state index is 0.0632. The van der Waals surface area contributed by atoms with Gasteiger partial charge in [0.25, 0.3) is 5.91 Å². The Hall–Kier alpha value is -1.01. The normalized spacial score (nSPS) is 35.3. The van der Waals surface area contributed by atoms with Crippen LogP contribution in [0.5, 0.6) is 0 Å². The number of carbonyl (C=O) groups excluding carboxylic acids is 3. The molecule has 0 radical (unpaired) electrons. The molecule has 6 nitrogen and oxygen atoms in total. The fourth-order valence-corrected chi connectivity index (χ4v) is 3.96. The van der Waals surface area contributed by atoms with Crippen LogP contribution >= 0.6 is 23.2 Å². The number of nitrogens with zero attached hydrogens (tertiary/aromatic N) is 1. The van der Waals surface area contributed by atoms with Crippen molar-refractivity contribution in [2.45, 2.75) is 48.9 Å². The maximum atomic E-state index is 12.7. The zero-order valence-corrected chi connectivity index (χ0v) is 14.5. The zero-order valence-electron chi connectivity index (χ0n) is 12.9. The summed E-state index contributed by atoms with van der Waals surface area (Å²) in [7, 11) is 0. The third-order valence-electron chi connectivity index (χ3n) is 5.19. The van der Waals surface area contributed by atoms with E-state index >= 15 is 0 Å². The predicted molar refractivity (Wildman–Crippen MR) is 84.1 cm³/mol. The molecule has 3 fully saturated rings. The van der Waals surface area contributed by atoms with Crippen molar-refractivity contribution in [1.29, 1.82) is 0 Å². The average molecular weight is 363 g/mol. The van der Waals surface area contributed by atoms with Crippen LogP contribution in [-0.4, -0.2) is 45.8 Å². The van der Waals surface area contributed by atoms with Crippen molar-refractivity contribution in [2.75, 3.05) is 13.2 Å². The minimum atomic E-state index is -0.854. The van der Waals surface area contributed by atoms with Gasteiger partial charge >= 0.3 is 12.0 Å². The molecule has 0 aromatic rings. The molecule has 3 amide bonds. The van der Waals surface area contributed by atoms with Crippen LogP contribution < -0.4 is 5.32 Å². The lowest BCUT2D eigenvalue weighted by Crippen LogP contribution is -2.54. The summed E-state index contributed by atoms with van der Waals surface area (Å²) in [5, 5.41) is 2.80. The zero-order chi connectivity index (χ0) is 16.8. The summed E-state index contributed by atoms with van der Waals surface area (Å²) in [6, 6.07) is -0.517. The third kappa shape index (κ3) is 3.03. The fourth-order valence-electron chi connectivity index (χ4n) is 3.46. The van der Waals surface area contributed by atoms with Gasteiger partial charge in [-0.2, -0.15) is 0 Å². The number of alkyl halides is 2. The Morgan fingerprint density at radius 1 is 1.39 bits per heavy atom. The number of hydrogen-bond donors (Lipinski definition) is 1. The molecule has 1 heterocycles. The van der Waals surface area contributed by atoms with Gasteiger partial charge in [-0.15, -0.1) is 23.2 Å². The first-order valence-corrected chi connectivity index (χ1v) is 8.69. The Balaban J connectivity index is 1.58. The van der Waals surface area contributed by atoms with Gasteiger partial charge in [-0.25, -0.2) is 4.79 Å². The van der Waals surface area contributed by atoms with E-state index in [0.717, 1.165) is 24.2 Å². The fraction of sp³-hybridized carbons (Fsp3) is 0.800. The molecule has 0 unspecified atom stereocenters. The van der Waals surface area contributed by atoms with Crippen LogP contribution in [0.2, 0.25) is 0 Å². The Bertz CT molecular complexity index is 554. The van der Waals surface area contributed by atoms with Crippen LogP contribution in [0.4, 0.5) is 4.79 Å². The van der Waals surface area contributed by atoms with Crippen LogP contribution in [0.3, 0.4) is 0 Å². The molecule has 8 heteroatoms. The van der Waals surface area contributed by atoms with Gasteiger partial charge in [0.15, 0.2) is 0 Å². The second kappa shape index (κ2) is 5.81. The van der Waals surface area contributed by atoms with Gasteiger partial charge in [0.2, 0.25) is 0 Å². The topological polar surface area (TPSA) is 75.7 Å². The first kappa shape index (κ1) is 16.8. The van der Waals surface area contributed by atoms with Gasteiger partial charge in [-0.3, -0.25) is 14.5 Å². The van der Waals surface area contributed by atoms with Gasteiger partial charge in [0.05, 0.1) is 6.61 Å². The van der Waals surface area contributed by atoms with Crippen LogP contribution in [0.1, 0.15) is 39.0 Å². The van der Waals surface area contributed by atoms with Crippen molar-refractivity contribution in [3.05, 3.63) is 0 Å². The number of urea groups is 1. The summed E-state index contributed by atoms with van der Waals surface area (Å²) >= 11 is 11.7. The van der Waals surface area contributed by atoms with Gasteiger partial charge < -0.3 is 10.1 Å². The number of amides is 3. The van der Waals surface area contributed by atoms with E-state index in [1.54, 1.807) is 0 Å². The molecule has 1 aliphatic heterocycles. The van der Waals surface area contributed by atoms with Crippen molar-refractivity contribution >= 4 is 41.1 Å². The molecule has 3 atom stereocenters. The van der Waals surface area contributed by atoms with Gasteiger partial charge in [-0.1, -0.05) is 19.8 Å². The third-order valence-corrected chi connectivity index (χ3v) is 6.12. The molecular formula is C15H20Cl2N2O4. The Morgan fingerprint density at radius 2 is 2.09 bits per heavy atom. The molecule has 0 bridgehead atoms. The van der Waals surface area contributed by atoms with Crippen molar-refractivity contribution in [1.82, 2.24) is 10.2 Å². The first-order valence-electron chi connectivity index (χ1n) is 7.94. The molecule has 23 heavy (non-hydrogen) atoms. The molecule has 128 valence electrons. The molecular weight excluding hydrogens is 343 g/mol. The van der Waals surface area contributed by atoms with E-state index in [0.29, 0.717) is 12.8 Å². The quantitative estimate of drug-likeness (QED) is 0.472. The lowest BCUT2D eigenvalue weighted by Gasteiger charge is -2.36. The summed E-state index contributed by atoms with van der Waals surface area (Å²) in [4.78, 5) is 37.7. The highest BCUT2D eigenvalue weighted by atomic mass is 35.5. The van der Waals surface area contributed by atoms with Crippen LogP contribution in [0, 0.1) is 11.8 Å². The van der Waals surface area contributed by atoms with Crippen molar-refractivity contribution < 1.29 is 19.1 Å². The SMILES string of the molecule is C[C@@H]1CCCC[C@]12NC(=O)N(CC(=O)OC[C@@H]1CC1(Cl)Cl)C2=O. The average Bonchev–Trinajstić information content (AvgIpc) is 3.04. The molecule has 2 aliphatic carbocycles. The van der Waals surface area contributed by atoms with E-state index in [4.69, 9.17) is 27.9 Å². The van der Waals surface area contributed by atoms with E-state index in [-0.39, 0.29) is 30.9 Å². The Kier molecular flexibility index (Phi) is 4.25. The number of ether oxygens (including phenoxy) is 1. The molecule has 0 aromatic carbocycles. The van der Waals surface area contributed by atoms with Crippen molar-refractivity contribution in [3.63, 3.8) is 0 Å². The molecule has 1 saturated heterocycles. The van der Waals surface area contributed by atoms with Crippen molar-refractivity contribution in [3.8, 4) is 0 Å². The summed E-state index contributed by atoms with van der Waals surface area (Å²) in [5.41, 5.74) is -0.854. The largest absolute Gasteiger partial charge is 0.464 e. The number of hydrogen-bond acceptors (Lipinski definition) is 4. The van der Waals surface area contributed by atoms with E-state index in [1.165, 1.54) is 0 Å². The summed E-state index contributed by atoms with van der Waals surface area (Å²) in [6.07, 6.45) is 4.03. The van der Waals surface area contributed by atoms with Crippen molar-refractivity contribution in [2.24, 2.45) is 11.8 Å². The Morgan fingerprint density at radius 3 is 2.70 bits per heavy atom. The van der Waals surface area contributed by atoms with Gasteiger partial charge in [0.1, 0.15) is 16.4 Å². The summed E-state index contributed by atoms with van der Waals surface area (Å²) < 4.78 is 4.26. The van der Waals surface area contributed by atoms with Crippen LogP contribution in [0.25, 0.3) is 0 Å². The van der Waals surface area contributed by atoms with Crippen LogP contribution in [0.15, 0.2) is 0 Å². The number of rotatable bonds is 4. The molecule has 3 aliphatic rings. The first-order chi connectivity index (χ1) is 10.8. The predicted octanol–water partition coefficient (Wildman–Crippen LogP) is 2.22. The van der Waals surface area contributed by atoms with E-state index in [9.17, 15) is 14.4 Å². The highest BCUT2D eigenvalue weighted by Gasteiger charge is 2.55. The lowest BCUT2D eigenvalue weighted by atomic mass is 9.73.